The van der Waals surface area contributed by atoms with Gasteiger partial charge in [0.2, 0.25) is 5.91 Å². The zero-order valence-corrected chi connectivity index (χ0v) is 19.3. The molecule has 28 heavy (non-hydrogen) atoms. The van der Waals surface area contributed by atoms with Crippen LogP contribution in [0.5, 0.6) is 0 Å². The lowest BCUT2D eigenvalue weighted by atomic mass is 9.94. The van der Waals surface area contributed by atoms with Crippen LogP contribution in [0, 0.1) is 0 Å². The van der Waals surface area contributed by atoms with Crippen molar-refractivity contribution >= 4 is 35.8 Å². The number of aliphatic imine (C=N–C) groups is 1. The summed E-state index contributed by atoms with van der Waals surface area (Å²) in [6.45, 7) is 5.07. The van der Waals surface area contributed by atoms with E-state index in [0.717, 1.165) is 12.2 Å². The molecular formula is C21H31IN4O2. The fraction of sp³-hybridized carbons (Fsp3) is 0.429. The maximum absolute atomic E-state index is 11.9. The number of amides is 1. The number of rotatable bonds is 8. The van der Waals surface area contributed by atoms with E-state index in [1.54, 1.807) is 25.3 Å². The molecule has 0 spiro atoms. The van der Waals surface area contributed by atoms with Crippen molar-refractivity contribution in [3.63, 3.8) is 0 Å². The Labute approximate surface area is 184 Å². The molecule has 2 N–H and O–H groups in total. The summed E-state index contributed by atoms with van der Waals surface area (Å²) in [5, 5.41) is 6.72. The average Bonchev–Trinajstić information content (AvgIpc) is 3.19. The third-order valence-electron chi connectivity index (χ3n) is 4.55. The van der Waals surface area contributed by atoms with Gasteiger partial charge in [0.05, 0.1) is 6.26 Å². The molecule has 0 fully saturated rings. The first-order valence-electron chi connectivity index (χ1n) is 9.29. The number of carbonyl (C=O) groups is 1. The number of furan rings is 1. The van der Waals surface area contributed by atoms with Crippen molar-refractivity contribution in [3.05, 3.63) is 60.1 Å². The third-order valence-corrected chi connectivity index (χ3v) is 4.55. The van der Waals surface area contributed by atoms with Gasteiger partial charge in [-0.3, -0.25) is 4.79 Å². The van der Waals surface area contributed by atoms with Crippen LogP contribution in [0.25, 0.3) is 0 Å². The summed E-state index contributed by atoms with van der Waals surface area (Å²) in [6.07, 6.45) is 2.42. The lowest BCUT2D eigenvalue weighted by Crippen LogP contribution is -2.45. The highest BCUT2D eigenvalue weighted by Crippen LogP contribution is 2.18. The highest BCUT2D eigenvalue weighted by atomic mass is 127. The van der Waals surface area contributed by atoms with Crippen LogP contribution in [0.4, 0.5) is 0 Å². The summed E-state index contributed by atoms with van der Waals surface area (Å²) < 4.78 is 5.36. The normalized spacial score (nSPS) is 13.2. The topological polar surface area (TPSA) is 69.9 Å². The maximum atomic E-state index is 11.9. The van der Waals surface area contributed by atoms with Gasteiger partial charge in [-0.25, -0.2) is 4.99 Å². The molecular weight excluding hydrogens is 467 g/mol. The quantitative estimate of drug-likeness (QED) is 0.333. The molecule has 2 unspecified atom stereocenters. The minimum absolute atomic E-state index is 0. The van der Waals surface area contributed by atoms with E-state index in [1.165, 1.54) is 5.56 Å². The van der Waals surface area contributed by atoms with Gasteiger partial charge in [0.25, 0.3) is 0 Å². The number of carbonyl (C=O) groups excluding carboxylic acids is 1. The van der Waals surface area contributed by atoms with Crippen LogP contribution in [0.15, 0.2) is 58.1 Å². The van der Waals surface area contributed by atoms with Gasteiger partial charge in [-0.05, 0) is 24.6 Å². The molecule has 0 aliphatic heterocycles. The number of hydrogen-bond donors (Lipinski definition) is 2. The third kappa shape index (κ3) is 7.92. The molecule has 1 aromatic carbocycles. The van der Waals surface area contributed by atoms with E-state index in [-0.39, 0.29) is 42.5 Å². The number of nitrogens with one attached hydrogen (secondary N) is 2. The zero-order chi connectivity index (χ0) is 19.6. The predicted molar refractivity (Wildman–Crippen MR) is 124 cm³/mol. The van der Waals surface area contributed by atoms with E-state index in [9.17, 15) is 4.79 Å². The average molecular weight is 498 g/mol. The van der Waals surface area contributed by atoms with Crippen LogP contribution >= 0.6 is 24.0 Å². The van der Waals surface area contributed by atoms with Crippen molar-refractivity contribution in [2.75, 3.05) is 27.2 Å². The van der Waals surface area contributed by atoms with Crippen molar-refractivity contribution < 1.29 is 9.21 Å². The minimum atomic E-state index is -0.0362. The smallest absolute Gasteiger partial charge is 0.243 e. The molecule has 0 saturated heterocycles. The molecule has 1 aromatic heterocycles. The molecule has 7 heteroatoms. The molecule has 154 valence electrons. The van der Waals surface area contributed by atoms with Crippen LogP contribution in [0.2, 0.25) is 0 Å². The largest absolute Gasteiger partial charge is 0.469 e. The van der Waals surface area contributed by atoms with Crippen LogP contribution in [-0.4, -0.2) is 50.0 Å². The summed E-state index contributed by atoms with van der Waals surface area (Å²) >= 11 is 0. The number of halogens is 1. The molecule has 0 saturated carbocycles. The molecule has 2 aromatic rings. The highest BCUT2D eigenvalue weighted by Gasteiger charge is 2.16. The molecule has 2 atom stereocenters. The molecule has 0 aliphatic rings. The van der Waals surface area contributed by atoms with Crippen molar-refractivity contribution in [3.8, 4) is 0 Å². The molecule has 0 aliphatic carbocycles. The van der Waals surface area contributed by atoms with E-state index < -0.39 is 0 Å². The standard InChI is InChI=1S/C21H30N4O2.HI/c1-16(18-9-6-5-7-10-18)17(2)24-21(23-15-20(26)25(3)4)22-13-12-19-11-8-14-27-19;/h5-11,14,16-17H,12-13,15H2,1-4H3,(H2,22,23,24);1H. The van der Waals surface area contributed by atoms with Crippen LogP contribution in [-0.2, 0) is 11.2 Å². The van der Waals surface area contributed by atoms with Gasteiger partial charge >= 0.3 is 0 Å². The second kappa shape index (κ2) is 12.4. The Bertz CT molecular complexity index is 717. The molecule has 6 nitrogen and oxygen atoms in total. The second-order valence-corrected chi connectivity index (χ2v) is 6.84. The highest BCUT2D eigenvalue weighted by molar-refractivity contribution is 14.0. The van der Waals surface area contributed by atoms with E-state index in [2.05, 4.69) is 41.6 Å². The summed E-state index contributed by atoms with van der Waals surface area (Å²) in [5.41, 5.74) is 1.26. The van der Waals surface area contributed by atoms with Gasteiger partial charge in [0.1, 0.15) is 12.3 Å². The van der Waals surface area contributed by atoms with Crippen molar-refractivity contribution in [1.82, 2.24) is 15.5 Å². The number of benzene rings is 1. The van der Waals surface area contributed by atoms with Gasteiger partial charge in [-0.2, -0.15) is 0 Å². The molecule has 2 rings (SSSR count). The van der Waals surface area contributed by atoms with Gasteiger partial charge in [0, 0.05) is 39.0 Å². The molecule has 0 bridgehead atoms. The van der Waals surface area contributed by atoms with E-state index >= 15 is 0 Å². The van der Waals surface area contributed by atoms with Crippen LogP contribution in [0.3, 0.4) is 0 Å². The Hall–Kier alpha value is -2.03. The fourth-order valence-corrected chi connectivity index (χ4v) is 2.59. The number of hydrogen-bond acceptors (Lipinski definition) is 3. The van der Waals surface area contributed by atoms with E-state index in [0.29, 0.717) is 18.4 Å². The Morgan fingerprint density at radius 2 is 1.86 bits per heavy atom. The Morgan fingerprint density at radius 3 is 2.46 bits per heavy atom. The molecule has 1 amide bonds. The number of guanidine groups is 1. The summed E-state index contributed by atoms with van der Waals surface area (Å²) in [7, 11) is 3.46. The van der Waals surface area contributed by atoms with Crippen molar-refractivity contribution in [2.24, 2.45) is 4.99 Å². The summed E-state index contributed by atoms with van der Waals surface area (Å²) in [5.74, 6) is 1.81. The van der Waals surface area contributed by atoms with Crippen LogP contribution < -0.4 is 10.6 Å². The Morgan fingerprint density at radius 1 is 1.14 bits per heavy atom. The fourth-order valence-electron chi connectivity index (χ4n) is 2.59. The summed E-state index contributed by atoms with van der Waals surface area (Å²) in [6, 6.07) is 14.3. The van der Waals surface area contributed by atoms with Gasteiger partial charge in [-0.15, -0.1) is 24.0 Å². The Kier molecular flexibility index (Phi) is 10.7. The lowest BCUT2D eigenvalue weighted by Gasteiger charge is -2.24. The van der Waals surface area contributed by atoms with Crippen molar-refractivity contribution in [1.29, 1.82) is 0 Å². The lowest BCUT2D eigenvalue weighted by molar-refractivity contribution is -0.127. The van der Waals surface area contributed by atoms with Crippen molar-refractivity contribution in [2.45, 2.75) is 32.2 Å². The van der Waals surface area contributed by atoms with E-state index in [4.69, 9.17) is 4.42 Å². The van der Waals surface area contributed by atoms with E-state index in [1.807, 2.05) is 30.3 Å². The predicted octanol–water partition coefficient (Wildman–Crippen LogP) is 3.26. The van der Waals surface area contributed by atoms with Gasteiger partial charge < -0.3 is 20.0 Å². The number of nitrogens with zero attached hydrogens (tertiary/aromatic N) is 2. The van der Waals surface area contributed by atoms with Gasteiger partial charge in [0.15, 0.2) is 5.96 Å². The molecule has 1 heterocycles. The first-order valence-corrected chi connectivity index (χ1v) is 9.29. The second-order valence-electron chi connectivity index (χ2n) is 6.84. The Balaban J connectivity index is 0.00000392. The number of likely N-dealkylation sites (N-methyl/N-ethyl adjacent to an activating group) is 1. The van der Waals surface area contributed by atoms with Gasteiger partial charge in [-0.1, -0.05) is 37.3 Å². The molecule has 0 radical (unpaired) electrons. The summed E-state index contributed by atoms with van der Waals surface area (Å²) in [4.78, 5) is 17.9. The maximum Gasteiger partial charge on any atom is 0.243 e. The first-order chi connectivity index (χ1) is 13.0. The monoisotopic (exact) mass is 498 g/mol. The minimum Gasteiger partial charge on any atom is -0.469 e. The first kappa shape index (κ1) is 24.0. The SMILES string of the molecule is CC(NC(=NCC(=O)N(C)C)NCCc1ccco1)C(C)c1ccccc1.I. The van der Waals surface area contributed by atoms with Crippen LogP contribution in [0.1, 0.15) is 31.1 Å². The zero-order valence-electron chi connectivity index (χ0n) is 17.0.